The van der Waals surface area contributed by atoms with Gasteiger partial charge in [0.2, 0.25) is 0 Å². The molecule has 0 radical (unpaired) electrons. The van der Waals surface area contributed by atoms with E-state index >= 15 is 0 Å². The monoisotopic (exact) mass is 245 g/mol. The van der Waals surface area contributed by atoms with Crippen LogP contribution in [0.25, 0.3) is 0 Å². The van der Waals surface area contributed by atoms with Crippen molar-refractivity contribution in [2.24, 2.45) is 0 Å². The molecule has 94 valence electrons. The second kappa shape index (κ2) is 5.19. The van der Waals surface area contributed by atoms with Gasteiger partial charge in [0.1, 0.15) is 5.82 Å². The fourth-order valence-corrected chi connectivity index (χ4v) is 1.97. The Kier molecular flexibility index (Phi) is 3.63. The maximum absolute atomic E-state index is 13.2. The molecule has 1 atom stereocenters. The number of hydrogen-bond acceptors (Lipinski definition) is 2. The highest BCUT2D eigenvalue weighted by Gasteiger charge is 2.12. The third-order valence-corrected chi connectivity index (χ3v) is 2.94. The highest BCUT2D eigenvalue weighted by atomic mass is 19.1. The van der Waals surface area contributed by atoms with Gasteiger partial charge in [-0.1, -0.05) is 24.3 Å². The normalized spacial score (nSPS) is 12.2. The van der Waals surface area contributed by atoms with Crippen molar-refractivity contribution in [1.29, 1.82) is 0 Å². The minimum absolute atomic E-state index is 0.270. The molecule has 0 unspecified atom stereocenters. The molecule has 3 heteroatoms. The number of rotatable bonds is 3. The van der Waals surface area contributed by atoms with Crippen LogP contribution in [0.4, 0.5) is 15.8 Å². The van der Waals surface area contributed by atoms with Gasteiger partial charge >= 0.3 is 0 Å². The van der Waals surface area contributed by atoms with Crippen molar-refractivity contribution >= 4 is 11.4 Å². The number of halogens is 1. The lowest BCUT2D eigenvalue weighted by Gasteiger charge is -2.23. The molecular weight excluding hydrogens is 229 g/mol. The van der Waals surface area contributed by atoms with Crippen molar-refractivity contribution in [3.8, 4) is 0 Å². The van der Waals surface area contributed by atoms with Gasteiger partial charge in [0.05, 0.1) is 6.10 Å². The zero-order chi connectivity index (χ0) is 13.1. The van der Waals surface area contributed by atoms with Gasteiger partial charge in [0, 0.05) is 24.0 Å². The first-order chi connectivity index (χ1) is 8.59. The number of para-hydroxylation sites is 1. The zero-order valence-corrected chi connectivity index (χ0v) is 10.5. The Balaban J connectivity index is 2.43. The van der Waals surface area contributed by atoms with Crippen LogP contribution in [0.15, 0.2) is 48.5 Å². The Morgan fingerprint density at radius 2 is 1.83 bits per heavy atom. The molecule has 2 nitrogen and oxygen atoms in total. The van der Waals surface area contributed by atoms with E-state index in [0.29, 0.717) is 0 Å². The lowest BCUT2D eigenvalue weighted by molar-refractivity contribution is 0.200. The molecule has 0 spiro atoms. The molecule has 18 heavy (non-hydrogen) atoms. The second-order valence-corrected chi connectivity index (χ2v) is 4.27. The Morgan fingerprint density at radius 3 is 2.50 bits per heavy atom. The van der Waals surface area contributed by atoms with Crippen LogP contribution in [0.5, 0.6) is 0 Å². The third-order valence-electron chi connectivity index (χ3n) is 2.94. The first-order valence-electron chi connectivity index (χ1n) is 5.86. The molecule has 0 fully saturated rings. The summed E-state index contributed by atoms with van der Waals surface area (Å²) in [6.45, 7) is 1.72. The number of nitrogens with zero attached hydrogens (tertiary/aromatic N) is 1. The number of aliphatic hydroxyl groups excluding tert-OH is 1. The Hall–Kier alpha value is -1.87. The lowest BCUT2D eigenvalue weighted by Crippen LogP contribution is -2.12. The number of aliphatic hydroxyl groups is 1. The van der Waals surface area contributed by atoms with E-state index in [1.165, 1.54) is 12.1 Å². The van der Waals surface area contributed by atoms with Gasteiger partial charge in [0.25, 0.3) is 0 Å². The van der Waals surface area contributed by atoms with Crippen LogP contribution in [-0.2, 0) is 0 Å². The largest absolute Gasteiger partial charge is 0.389 e. The fraction of sp³-hybridized carbons (Fsp3) is 0.200. The summed E-state index contributed by atoms with van der Waals surface area (Å²) < 4.78 is 13.2. The predicted octanol–water partition coefficient (Wildman–Crippen LogP) is 3.65. The molecule has 2 rings (SSSR count). The van der Waals surface area contributed by atoms with Crippen molar-refractivity contribution < 1.29 is 9.50 Å². The maximum atomic E-state index is 13.2. The summed E-state index contributed by atoms with van der Waals surface area (Å²) in [5.41, 5.74) is 2.45. The van der Waals surface area contributed by atoms with E-state index in [0.717, 1.165) is 16.9 Å². The van der Waals surface area contributed by atoms with Gasteiger partial charge in [-0.15, -0.1) is 0 Å². The quantitative estimate of drug-likeness (QED) is 0.892. The van der Waals surface area contributed by atoms with Gasteiger partial charge in [-0.05, 0) is 31.2 Å². The summed E-state index contributed by atoms with van der Waals surface area (Å²) in [5, 5.41) is 9.75. The van der Waals surface area contributed by atoms with E-state index in [-0.39, 0.29) is 5.82 Å². The summed E-state index contributed by atoms with van der Waals surface area (Å²) in [5.74, 6) is -0.270. The first-order valence-corrected chi connectivity index (χ1v) is 5.86. The highest BCUT2D eigenvalue weighted by molar-refractivity contribution is 5.66. The Morgan fingerprint density at radius 1 is 1.11 bits per heavy atom. The van der Waals surface area contributed by atoms with Crippen LogP contribution in [0.3, 0.4) is 0 Å². The van der Waals surface area contributed by atoms with E-state index in [1.807, 2.05) is 42.3 Å². The van der Waals surface area contributed by atoms with Crippen LogP contribution < -0.4 is 4.90 Å². The van der Waals surface area contributed by atoms with E-state index in [4.69, 9.17) is 0 Å². The molecule has 0 aromatic heterocycles. The van der Waals surface area contributed by atoms with Gasteiger partial charge in [-0.2, -0.15) is 0 Å². The van der Waals surface area contributed by atoms with Gasteiger partial charge in [-0.25, -0.2) is 4.39 Å². The van der Waals surface area contributed by atoms with E-state index in [1.54, 1.807) is 13.0 Å². The minimum atomic E-state index is -0.558. The maximum Gasteiger partial charge on any atom is 0.125 e. The van der Waals surface area contributed by atoms with Crippen molar-refractivity contribution in [2.75, 3.05) is 11.9 Å². The molecule has 0 saturated carbocycles. The van der Waals surface area contributed by atoms with Crippen LogP contribution in [0.1, 0.15) is 18.6 Å². The molecule has 0 aliphatic carbocycles. The third kappa shape index (κ3) is 2.51. The van der Waals surface area contributed by atoms with Crippen LogP contribution in [0.2, 0.25) is 0 Å². The number of benzene rings is 2. The molecule has 0 bridgehead atoms. The van der Waals surface area contributed by atoms with Crippen molar-refractivity contribution in [1.82, 2.24) is 0 Å². The van der Waals surface area contributed by atoms with Gasteiger partial charge in [-0.3, -0.25) is 0 Å². The molecule has 2 aromatic rings. The average molecular weight is 245 g/mol. The molecule has 1 N–H and O–H groups in total. The van der Waals surface area contributed by atoms with Crippen LogP contribution >= 0.6 is 0 Å². The summed E-state index contributed by atoms with van der Waals surface area (Å²) in [7, 11) is 1.86. The molecule has 2 aromatic carbocycles. The zero-order valence-electron chi connectivity index (χ0n) is 10.5. The van der Waals surface area contributed by atoms with Gasteiger partial charge in [0.15, 0.2) is 0 Å². The number of anilines is 2. The van der Waals surface area contributed by atoms with E-state index in [9.17, 15) is 9.50 Å². The average Bonchev–Trinajstić information content (AvgIpc) is 2.38. The smallest absolute Gasteiger partial charge is 0.125 e. The minimum Gasteiger partial charge on any atom is -0.389 e. The SMILES string of the molecule is C[C@H](O)c1ccccc1N(C)c1cccc(F)c1. The topological polar surface area (TPSA) is 23.5 Å². The molecule has 0 saturated heterocycles. The Labute approximate surface area is 106 Å². The summed E-state index contributed by atoms with van der Waals surface area (Å²) in [6, 6.07) is 14.0. The van der Waals surface area contributed by atoms with Crippen molar-refractivity contribution in [3.63, 3.8) is 0 Å². The lowest BCUT2D eigenvalue weighted by atomic mass is 10.1. The number of hydrogen-bond donors (Lipinski definition) is 1. The Bertz CT molecular complexity index is 540. The first kappa shape index (κ1) is 12.6. The van der Waals surface area contributed by atoms with E-state index in [2.05, 4.69) is 0 Å². The van der Waals surface area contributed by atoms with Crippen molar-refractivity contribution in [2.45, 2.75) is 13.0 Å². The van der Waals surface area contributed by atoms with Gasteiger partial charge < -0.3 is 10.0 Å². The fourth-order valence-electron chi connectivity index (χ4n) is 1.97. The summed E-state index contributed by atoms with van der Waals surface area (Å²) in [6.07, 6.45) is -0.558. The van der Waals surface area contributed by atoms with Crippen LogP contribution in [0, 0.1) is 5.82 Å². The highest BCUT2D eigenvalue weighted by Crippen LogP contribution is 2.30. The molecular formula is C15H16FNO. The molecule has 0 aliphatic rings. The summed E-state index contributed by atoms with van der Waals surface area (Å²) in [4.78, 5) is 1.87. The van der Waals surface area contributed by atoms with Crippen molar-refractivity contribution in [3.05, 3.63) is 59.9 Å². The molecule has 0 amide bonds. The standard InChI is InChI=1S/C15H16FNO/c1-11(18)14-8-3-4-9-15(14)17(2)13-7-5-6-12(16)10-13/h3-11,18H,1-2H3/t11-/m0/s1. The van der Waals surface area contributed by atoms with Crippen LogP contribution in [-0.4, -0.2) is 12.2 Å². The molecule has 0 aliphatic heterocycles. The second-order valence-electron chi connectivity index (χ2n) is 4.27. The van der Waals surface area contributed by atoms with E-state index < -0.39 is 6.10 Å². The molecule has 0 heterocycles. The predicted molar refractivity (Wildman–Crippen MR) is 71.5 cm³/mol. The summed E-state index contributed by atoms with van der Waals surface area (Å²) >= 11 is 0.